The fraction of sp³-hybridized carbons (Fsp3) is 0.583. The summed E-state index contributed by atoms with van der Waals surface area (Å²) < 4.78 is 7.11. The lowest BCUT2D eigenvalue weighted by molar-refractivity contribution is 0.290. The van der Waals surface area contributed by atoms with E-state index in [1.807, 2.05) is 12.3 Å². The number of ether oxygens (including phenoxy) is 1. The van der Waals surface area contributed by atoms with E-state index in [0.29, 0.717) is 6.10 Å². The van der Waals surface area contributed by atoms with Gasteiger partial charge in [0, 0.05) is 11.6 Å². The van der Waals surface area contributed by atoms with Gasteiger partial charge in [-0.1, -0.05) is 20.8 Å². The molecule has 0 radical (unpaired) electrons. The fourth-order valence-electron chi connectivity index (χ4n) is 1.42. The van der Waals surface area contributed by atoms with Crippen molar-refractivity contribution < 1.29 is 4.74 Å². The highest BCUT2D eigenvalue weighted by molar-refractivity contribution is 14.1. The summed E-state index contributed by atoms with van der Waals surface area (Å²) in [5.74, 6) is 0.994. The fourth-order valence-corrected chi connectivity index (χ4v) is 1.97. The van der Waals surface area contributed by atoms with Crippen molar-refractivity contribution in [3.63, 3.8) is 0 Å². The topological polar surface area (TPSA) is 22.1 Å². The smallest absolute Gasteiger partial charge is 0.155 e. The Balaban J connectivity index is 2.38. The molecular formula is C12H16INO. The van der Waals surface area contributed by atoms with Crippen LogP contribution in [0.5, 0.6) is 5.75 Å². The lowest BCUT2D eigenvalue weighted by atomic mass is 9.91. The molecule has 0 amide bonds. The van der Waals surface area contributed by atoms with Crippen molar-refractivity contribution in [1.29, 1.82) is 0 Å². The molecule has 2 rings (SSSR count). The summed E-state index contributed by atoms with van der Waals surface area (Å²) >= 11 is 2.32. The molecular weight excluding hydrogens is 301 g/mol. The molecule has 2 nitrogen and oxygen atoms in total. The Bertz CT molecular complexity index is 366. The molecule has 1 aliphatic rings. The van der Waals surface area contributed by atoms with Crippen LogP contribution in [0.2, 0.25) is 0 Å². The number of pyridine rings is 1. The van der Waals surface area contributed by atoms with Crippen LogP contribution in [0.25, 0.3) is 0 Å². The predicted molar refractivity (Wildman–Crippen MR) is 69.3 cm³/mol. The molecule has 1 aromatic heterocycles. The van der Waals surface area contributed by atoms with E-state index in [0.717, 1.165) is 11.4 Å². The molecule has 1 aliphatic carbocycles. The van der Waals surface area contributed by atoms with E-state index in [9.17, 15) is 0 Å². The van der Waals surface area contributed by atoms with E-state index in [1.165, 1.54) is 16.4 Å². The summed E-state index contributed by atoms with van der Waals surface area (Å²) in [5, 5.41) is 0. The summed E-state index contributed by atoms with van der Waals surface area (Å²) in [6.45, 7) is 6.52. The molecule has 1 heterocycles. The maximum absolute atomic E-state index is 5.94. The highest BCUT2D eigenvalue weighted by Crippen LogP contribution is 2.36. The van der Waals surface area contributed by atoms with Crippen LogP contribution < -0.4 is 4.74 Å². The van der Waals surface area contributed by atoms with E-state index in [1.54, 1.807) is 0 Å². The van der Waals surface area contributed by atoms with E-state index in [2.05, 4.69) is 48.3 Å². The molecule has 0 aromatic carbocycles. The molecule has 0 aliphatic heterocycles. The number of halogens is 1. The van der Waals surface area contributed by atoms with Crippen LogP contribution in [0.1, 0.15) is 39.3 Å². The third-order valence-corrected chi connectivity index (χ3v) is 3.23. The first-order valence-corrected chi connectivity index (χ1v) is 6.38. The molecule has 3 heteroatoms. The Morgan fingerprint density at radius 3 is 2.60 bits per heavy atom. The van der Waals surface area contributed by atoms with E-state index < -0.39 is 0 Å². The van der Waals surface area contributed by atoms with Gasteiger partial charge < -0.3 is 4.74 Å². The summed E-state index contributed by atoms with van der Waals surface area (Å²) in [7, 11) is 0. The molecule has 1 aromatic rings. The van der Waals surface area contributed by atoms with Gasteiger partial charge in [0.1, 0.15) is 0 Å². The Hall–Kier alpha value is -0.320. The van der Waals surface area contributed by atoms with Gasteiger partial charge in [0.05, 0.1) is 15.4 Å². The Kier molecular flexibility index (Phi) is 2.92. The molecule has 1 fully saturated rings. The Morgan fingerprint density at radius 2 is 2.07 bits per heavy atom. The number of aromatic nitrogens is 1. The van der Waals surface area contributed by atoms with Crippen LogP contribution >= 0.6 is 22.6 Å². The first-order chi connectivity index (χ1) is 6.98. The summed E-state index contributed by atoms with van der Waals surface area (Å²) in [6.07, 6.45) is 4.68. The number of hydrogen-bond acceptors (Lipinski definition) is 2. The second-order valence-electron chi connectivity index (χ2n) is 5.04. The van der Waals surface area contributed by atoms with Crippen LogP contribution in [0, 0.1) is 3.57 Å². The summed E-state index contributed by atoms with van der Waals surface area (Å²) in [4.78, 5) is 4.46. The number of rotatable bonds is 2. The molecule has 82 valence electrons. The largest absolute Gasteiger partial charge is 0.487 e. The van der Waals surface area contributed by atoms with Crippen LogP contribution in [0.3, 0.4) is 0 Å². The van der Waals surface area contributed by atoms with Crippen LogP contribution in [-0.4, -0.2) is 11.1 Å². The van der Waals surface area contributed by atoms with Crippen molar-refractivity contribution in [2.24, 2.45) is 0 Å². The molecule has 0 N–H and O–H groups in total. The zero-order valence-electron chi connectivity index (χ0n) is 9.38. The van der Waals surface area contributed by atoms with Gasteiger partial charge in [0.2, 0.25) is 0 Å². The van der Waals surface area contributed by atoms with Gasteiger partial charge in [-0.05, 0) is 41.5 Å². The van der Waals surface area contributed by atoms with Gasteiger partial charge in [0.25, 0.3) is 0 Å². The summed E-state index contributed by atoms with van der Waals surface area (Å²) in [6, 6.07) is 2.01. The van der Waals surface area contributed by atoms with E-state index >= 15 is 0 Å². The Labute approximate surface area is 105 Å². The maximum atomic E-state index is 5.94. The second-order valence-corrected chi connectivity index (χ2v) is 6.20. The lowest BCUT2D eigenvalue weighted by Crippen LogP contribution is -2.17. The van der Waals surface area contributed by atoms with Crippen LogP contribution in [0.15, 0.2) is 12.3 Å². The standard InChI is InChI=1S/C12H16INO/c1-12(2,3)11-10(15-8-4-5-8)9(13)6-7-14-11/h6-8H,4-5H2,1-3H3. The van der Waals surface area contributed by atoms with Crippen molar-refractivity contribution in [1.82, 2.24) is 4.98 Å². The van der Waals surface area contributed by atoms with Crippen LogP contribution in [0.4, 0.5) is 0 Å². The van der Waals surface area contributed by atoms with Gasteiger partial charge in [-0.2, -0.15) is 0 Å². The average molecular weight is 317 g/mol. The molecule has 0 bridgehead atoms. The minimum atomic E-state index is 0.0470. The van der Waals surface area contributed by atoms with E-state index in [-0.39, 0.29) is 5.41 Å². The number of nitrogens with zero attached hydrogens (tertiary/aromatic N) is 1. The lowest BCUT2D eigenvalue weighted by Gasteiger charge is -2.22. The van der Waals surface area contributed by atoms with Gasteiger partial charge in [0.15, 0.2) is 5.75 Å². The zero-order valence-corrected chi connectivity index (χ0v) is 11.5. The molecule has 0 saturated heterocycles. The normalized spacial score (nSPS) is 16.5. The van der Waals surface area contributed by atoms with Crippen molar-refractivity contribution in [3.05, 3.63) is 21.5 Å². The predicted octanol–water partition coefficient (Wildman–Crippen LogP) is 3.52. The monoisotopic (exact) mass is 317 g/mol. The Morgan fingerprint density at radius 1 is 1.40 bits per heavy atom. The SMILES string of the molecule is CC(C)(C)c1nccc(I)c1OC1CC1. The third kappa shape index (κ3) is 2.62. The molecule has 15 heavy (non-hydrogen) atoms. The van der Waals surface area contributed by atoms with Crippen LogP contribution in [-0.2, 0) is 5.41 Å². The minimum Gasteiger partial charge on any atom is -0.487 e. The molecule has 0 spiro atoms. The van der Waals surface area contributed by atoms with Crippen molar-refractivity contribution >= 4 is 22.6 Å². The maximum Gasteiger partial charge on any atom is 0.155 e. The average Bonchev–Trinajstić information content (AvgIpc) is 2.90. The van der Waals surface area contributed by atoms with Crippen molar-refractivity contribution in [2.75, 3.05) is 0 Å². The number of hydrogen-bond donors (Lipinski definition) is 0. The zero-order chi connectivity index (χ0) is 11.1. The second kappa shape index (κ2) is 3.92. The first-order valence-electron chi connectivity index (χ1n) is 5.30. The van der Waals surface area contributed by atoms with Gasteiger partial charge in [-0.15, -0.1) is 0 Å². The highest BCUT2D eigenvalue weighted by atomic mass is 127. The van der Waals surface area contributed by atoms with Crippen molar-refractivity contribution in [2.45, 2.75) is 45.1 Å². The van der Waals surface area contributed by atoms with Crippen molar-refractivity contribution in [3.8, 4) is 5.75 Å². The quantitative estimate of drug-likeness (QED) is 0.779. The third-order valence-electron chi connectivity index (χ3n) is 2.38. The highest BCUT2D eigenvalue weighted by Gasteiger charge is 2.29. The molecule has 1 saturated carbocycles. The van der Waals surface area contributed by atoms with Gasteiger partial charge in [-0.25, -0.2) is 0 Å². The minimum absolute atomic E-state index is 0.0470. The summed E-state index contributed by atoms with van der Waals surface area (Å²) in [5.41, 5.74) is 1.12. The van der Waals surface area contributed by atoms with Gasteiger partial charge in [-0.3, -0.25) is 4.98 Å². The molecule has 0 unspecified atom stereocenters. The van der Waals surface area contributed by atoms with Gasteiger partial charge >= 0.3 is 0 Å². The first kappa shape index (κ1) is 11.2. The van der Waals surface area contributed by atoms with E-state index in [4.69, 9.17) is 4.74 Å². The molecule has 0 atom stereocenters.